The number of amides is 1. The molecule has 2 atom stereocenters. The van der Waals surface area contributed by atoms with Crippen molar-refractivity contribution in [2.75, 3.05) is 19.6 Å². The van der Waals surface area contributed by atoms with E-state index in [2.05, 4.69) is 29.2 Å². The molecule has 0 bridgehead atoms. The highest BCUT2D eigenvalue weighted by molar-refractivity contribution is 5.77. The second-order valence-corrected chi connectivity index (χ2v) is 8.76. The van der Waals surface area contributed by atoms with Gasteiger partial charge in [0.05, 0.1) is 5.56 Å². The van der Waals surface area contributed by atoms with Gasteiger partial charge in [0.2, 0.25) is 5.91 Å². The van der Waals surface area contributed by atoms with Gasteiger partial charge in [-0.05, 0) is 61.4 Å². The van der Waals surface area contributed by atoms with Crippen LogP contribution in [0.2, 0.25) is 0 Å². The van der Waals surface area contributed by atoms with Crippen LogP contribution in [0.4, 0.5) is 13.2 Å². The summed E-state index contributed by atoms with van der Waals surface area (Å²) in [5, 5.41) is 0. The van der Waals surface area contributed by atoms with E-state index in [-0.39, 0.29) is 18.5 Å². The number of alkyl halides is 3. The number of rotatable bonds is 6. The number of hydrogen-bond donors (Lipinski definition) is 0. The number of piperidine rings is 2. The van der Waals surface area contributed by atoms with Gasteiger partial charge in [0.15, 0.2) is 0 Å². The first-order valence-corrected chi connectivity index (χ1v) is 11.1. The fourth-order valence-corrected chi connectivity index (χ4v) is 5.03. The van der Waals surface area contributed by atoms with Crippen LogP contribution in [0.25, 0.3) is 0 Å². The molecule has 0 N–H and O–H groups in total. The number of aryl methyl sites for hydroxylation is 1. The zero-order chi connectivity index (χ0) is 21.8. The monoisotopic (exact) mass is 430 g/mol. The number of carbonyl (C=O) groups is 1. The minimum Gasteiger partial charge on any atom is -0.335 e. The van der Waals surface area contributed by atoms with Gasteiger partial charge in [-0.1, -0.05) is 42.5 Å². The Morgan fingerprint density at radius 1 is 0.968 bits per heavy atom. The summed E-state index contributed by atoms with van der Waals surface area (Å²) < 4.78 is 39.2. The number of hydrogen-bond acceptors (Lipinski definition) is 2. The number of fused-ring (bicyclic) bond motifs is 1. The molecule has 2 aliphatic heterocycles. The predicted octanol–water partition coefficient (Wildman–Crippen LogP) is 5.15. The van der Waals surface area contributed by atoms with Crippen LogP contribution in [0.1, 0.15) is 42.4 Å². The quantitative estimate of drug-likeness (QED) is 0.633. The minimum atomic E-state index is -4.37. The summed E-state index contributed by atoms with van der Waals surface area (Å²) in [4.78, 5) is 17.0. The predicted molar refractivity (Wildman–Crippen MR) is 114 cm³/mol. The molecule has 6 heteroatoms. The van der Waals surface area contributed by atoms with Crippen LogP contribution in [0.3, 0.4) is 0 Å². The molecule has 0 aromatic heterocycles. The average Bonchev–Trinajstić information content (AvgIpc) is 2.76. The fourth-order valence-electron chi connectivity index (χ4n) is 5.03. The minimum absolute atomic E-state index is 0.0659. The molecular formula is C25H29F3N2O. The fraction of sp³-hybridized carbons (Fsp3) is 0.480. The zero-order valence-corrected chi connectivity index (χ0v) is 17.7. The molecule has 0 unspecified atom stereocenters. The van der Waals surface area contributed by atoms with Gasteiger partial charge >= 0.3 is 6.18 Å². The summed E-state index contributed by atoms with van der Waals surface area (Å²) in [6, 6.07) is 16.0. The lowest BCUT2D eigenvalue weighted by molar-refractivity contribution is -0.142. The van der Waals surface area contributed by atoms with Crippen molar-refractivity contribution in [2.45, 2.75) is 50.9 Å². The lowest BCUT2D eigenvalue weighted by Gasteiger charge is -2.47. The first-order chi connectivity index (χ1) is 14.9. The molecule has 166 valence electrons. The first-order valence-electron chi connectivity index (χ1n) is 11.1. The van der Waals surface area contributed by atoms with Gasteiger partial charge < -0.3 is 9.80 Å². The standard InChI is InChI=1S/C25H29F3N2O/c26-25(27,28)22-10-4-8-20(16-22)17-30-23-13-15-29(18-21(23)11-12-24(30)31)14-5-9-19-6-2-1-3-7-19/h1-4,6-8,10,16,21,23H,5,9,11-15,17-18H2/t21-,23+/m1/s1. The van der Waals surface area contributed by atoms with E-state index in [0.717, 1.165) is 51.4 Å². The summed E-state index contributed by atoms with van der Waals surface area (Å²) in [6.07, 6.45) is 0.0475. The van der Waals surface area contributed by atoms with Crippen LogP contribution in [-0.4, -0.2) is 41.4 Å². The molecule has 4 rings (SSSR count). The Balaban J connectivity index is 1.35. The van der Waals surface area contributed by atoms with Crippen LogP contribution >= 0.6 is 0 Å². The van der Waals surface area contributed by atoms with Crippen LogP contribution in [0.15, 0.2) is 54.6 Å². The van der Waals surface area contributed by atoms with Crippen LogP contribution in [-0.2, 0) is 23.9 Å². The molecule has 2 aromatic carbocycles. The second-order valence-electron chi connectivity index (χ2n) is 8.76. The van der Waals surface area contributed by atoms with E-state index in [1.165, 1.54) is 17.7 Å². The maximum atomic E-state index is 13.1. The van der Waals surface area contributed by atoms with Gasteiger partial charge in [-0.25, -0.2) is 0 Å². The van der Waals surface area contributed by atoms with Crippen molar-refractivity contribution in [3.8, 4) is 0 Å². The molecule has 2 heterocycles. The lowest BCUT2D eigenvalue weighted by Crippen LogP contribution is -2.55. The molecule has 2 saturated heterocycles. The number of carbonyl (C=O) groups excluding carboxylic acids is 1. The van der Waals surface area contributed by atoms with Gasteiger partial charge in [-0.15, -0.1) is 0 Å². The molecule has 31 heavy (non-hydrogen) atoms. The number of likely N-dealkylation sites (tertiary alicyclic amines) is 2. The van der Waals surface area contributed by atoms with Gasteiger partial charge in [-0.2, -0.15) is 13.2 Å². The molecule has 0 aliphatic carbocycles. The summed E-state index contributed by atoms with van der Waals surface area (Å²) in [7, 11) is 0. The maximum absolute atomic E-state index is 13.1. The van der Waals surface area contributed by atoms with Crippen molar-refractivity contribution in [2.24, 2.45) is 5.92 Å². The number of nitrogens with zero attached hydrogens (tertiary/aromatic N) is 2. The summed E-state index contributed by atoms with van der Waals surface area (Å²) in [6.45, 7) is 3.20. The van der Waals surface area contributed by atoms with E-state index < -0.39 is 11.7 Å². The van der Waals surface area contributed by atoms with Crippen molar-refractivity contribution < 1.29 is 18.0 Å². The molecule has 0 spiro atoms. The Kier molecular flexibility index (Phi) is 6.65. The van der Waals surface area contributed by atoms with Gasteiger partial charge in [0.25, 0.3) is 0 Å². The molecule has 0 saturated carbocycles. The normalized spacial score (nSPS) is 22.4. The average molecular weight is 431 g/mol. The van der Waals surface area contributed by atoms with Crippen molar-refractivity contribution >= 4 is 5.91 Å². The maximum Gasteiger partial charge on any atom is 0.416 e. The summed E-state index contributed by atoms with van der Waals surface area (Å²) in [5.74, 6) is 0.463. The van der Waals surface area contributed by atoms with E-state index in [1.807, 2.05) is 11.0 Å². The van der Waals surface area contributed by atoms with Gasteiger partial charge in [-0.3, -0.25) is 4.79 Å². The zero-order valence-electron chi connectivity index (χ0n) is 17.7. The van der Waals surface area contributed by atoms with Crippen LogP contribution in [0, 0.1) is 5.92 Å². The molecule has 1 amide bonds. The Labute approximate surface area is 181 Å². The third-order valence-electron chi connectivity index (χ3n) is 6.62. The second kappa shape index (κ2) is 9.43. The number of benzene rings is 2. The Hall–Kier alpha value is -2.34. The van der Waals surface area contributed by atoms with Crippen molar-refractivity contribution in [1.82, 2.24) is 9.80 Å². The highest BCUT2D eigenvalue weighted by atomic mass is 19.4. The third-order valence-corrected chi connectivity index (χ3v) is 6.62. The Bertz CT molecular complexity index is 884. The smallest absolute Gasteiger partial charge is 0.335 e. The van der Waals surface area contributed by atoms with Crippen LogP contribution in [0.5, 0.6) is 0 Å². The Morgan fingerprint density at radius 2 is 1.74 bits per heavy atom. The number of halogens is 3. The molecular weight excluding hydrogens is 401 g/mol. The van der Waals surface area contributed by atoms with E-state index in [4.69, 9.17) is 0 Å². The van der Waals surface area contributed by atoms with E-state index in [9.17, 15) is 18.0 Å². The largest absolute Gasteiger partial charge is 0.416 e. The molecule has 0 radical (unpaired) electrons. The van der Waals surface area contributed by atoms with Gasteiger partial charge in [0.1, 0.15) is 0 Å². The molecule has 2 fully saturated rings. The molecule has 2 aliphatic rings. The van der Waals surface area contributed by atoms with Crippen molar-refractivity contribution in [1.29, 1.82) is 0 Å². The van der Waals surface area contributed by atoms with E-state index in [0.29, 0.717) is 17.9 Å². The topological polar surface area (TPSA) is 23.6 Å². The van der Waals surface area contributed by atoms with Crippen LogP contribution < -0.4 is 0 Å². The third kappa shape index (κ3) is 5.48. The highest BCUT2D eigenvalue weighted by Gasteiger charge is 2.39. The first kappa shape index (κ1) is 21.9. The highest BCUT2D eigenvalue weighted by Crippen LogP contribution is 2.34. The summed E-state index contributed by atoms with van der Waals surface area (Å²) in [5.41, 5.74) is 1.25. The van der Waals surface area contributed by atoms with Gasteiger partial charge in [0, 0.05) is 32.1 Å². The van der Waals surface area contributed by atoms with E-state index in [1.54, 1.807) is 6.07 Å². The SMILES string of the molecule is O=C1CC[C@@H]2CN(CCCc3ccccc3)CC[C@@H]2N1Cc1cccc(C(F)(F)F)c1. The van der Waals surface area contributed by atoms with Crippen molar-refractivity contribution in [3.05, 3.63) is 71.3 Å². The molecule has 2 aromatic rings. The summed E-state index contributed by atoms with van der Waals surface area (Å²) >= 11 is 0. The molecule has 3 nitrogen and oxygen atoms in total. The Morgan fingerprint density at radius 3 is 2.52 bits per heavy atom. The van der Waals surface area contributed by atoms with Crippen molar-refractivity contribution in [3.63, 3.8) is 0 Å². The van der Waals surface area contributed by atoms with E-state index >= 15 is 0 Å². The lowest BCUT2D eigenvalue weighted by atomic mass is 9.83.